The van der Waals surface area contributed by atoms with Gasteiger partial charge in [-0.05, 0) is 37.2 Å². The fourth-order valence-corrected chi connectivity index (χ4v) is 3.85. The van der Waals surface area contributed by atoms with E-state index in [0.29, 0.717) is 38.9 Å². The van der Waals surface area contributed by atoms with Gasteiger partial charge >= 0.3 is 6.09 Å². The molecule has 1 aromatic rings. The van der Waals surface area contributed by atoms with Crippen LogP contribution in [0.1, 0.15) is 31.2 Å². The maximum Gasteiger partial charge on any atom is 0.408 e. The van der Waals surface area contributed by atoms with Crippen LogP contribution in [0.3, 0.4) is 0 Å². The summed E-state index contributed by atoms with van der Waals surface area (Å²) in [7, 11) is 0. The number of hydrogen-bond donors (Lipinski definition) is 3. The van der Waals surface area contributed by atoms with E-state index < -0.39 is 24.1 Å². The second-order valence-electron chi connectivity index (χ2n) is 7.99. The number of nitrogens with one attached hydrogen (secondary N) is 3. The summed E-state index contributed by atoms with van der Waals surface area (Å²) in [6.07, 6.45) is 1.96. The first-order valence-corrected chi connectivity index (χ1v) is 10.6. The summed E-state index contributed by atoms with van der Waals surface area (Å²) in [6.45, 7) is 1.79. The number of rotatable bonds is 10. The van der Waals surface area contributed by atoms with Crippen molar-refractivity contribution in [2.24, 2.45) is 11.8 Å². The van der Waals surface area contributed by atoms with Crippen molar-refractivity contribution in [3.8, 4) is 0 Å². The van der Waals surface area contributed by atoms with Crippen LogP contribution in [0, 0.1) is 11.8 Å². The zero-order chi connectivity index (χ0) is 22.1. The fourth-order valence-electron chi connectivity index (χ4n) is 3.85. The first-order chi connectivity index (χ1) is 15.0. The van der Waals surface area contributed by atoms with Crippen LogP contribution in [-0.4, -0.2) is 56.0 Å². The standard InChI is InChI=1S/C22H29N3O6/c26-12-18(11-17-6-8-23-20(17)27)24-21(28)19(10-16-7-9-30-13-16)25-22(29)31-14-15-4-2-1-3-5-15/h1-5,12,16-19H,6-11,13-14H2,(H,23,27)(H,24,28)(H,25,29)/t16-,17-,18-,19-/m0/s1. The van der Waals surface area contributed by atoms with Gasteiger partial charge in [0.15, 0.2) is 0 Å². The summed E-state index contributed by atoms with van der Waals surface area (Å²) in [5.74, 6) is -0.760. The Labute approximate surface area is 181 Å². The molecule has 4 atom stereocenters. The first-order valence-electron chi connectivity index (χ1n) is 10.6. The van der Waals surface area contributed by atoms with E-state index in [9.17, 15) is 19.2 Å². The molecule has 168 valence electrons. The van der Waals surface area contributed by atoms with Crippen molar-refractivity contribution in [3.05, 3.63) is 35.9 Å². The molecule has 9 heteroatoms. The highest BCUT2D eigenvalue weighted by Crippen LogP contribution is 2.19. The van der Waals surface area contributed by atoms with Crippen LogP contribution in [0.15, 0.2) is 30.3 Å². The second kappa shape index (κ2) is 11.5. The van der Waals surface area contributed by atoms with Crippen molar-refractivity contribution in [2.45, 2.75) is 44.4 Å². The molecule has 3 rings (SSSR count). The Kier molecular flexibility index (Phi) is 8.40. The van der Waals surface area contributed by atoms with Gasteiger partial charge in [-0.2, -0.15) is 0 Å². The quantitative estimate of drug-likeness (QED) is 0.474. The first kappa shape index (κ1) is 22.7. The van der Waals surface area contributed by atoms with Gasteiger partial charge in [0.2, 0.25) is 11.8 Å². The highest BCUT2D eigenvalue weighted by atomic mass is 16.5. The minimum absolute atomic E-state index is 0.0846. The van der Waals surface area contributed by atoms with Crippen molar-refractivity contribution in [2.75, 3.05) is 19.8 Å². The minimum Gasteiger partial charge on any atom is -0.445 e. The molecule has 3 N–H and O–H groups in total. The van der Waals surface area contributed by atoms with Crippen LogP contribution in [-0.2, 0) is 30.5 Å². The Morgan fingerprint density at radius 3 is 2.65 bits per heavy atom. The van der Waals surface area contributed by atoms with Crippen LogP contribution >= 0.6 is 0 Å². The Morgan fingerprint density at radius 2 is 2.00 bits per heavy atom. The van der Waals surface area contributed by atoms with E-state index in [2.05, 4.69) is 16.0 Å². The summed E-state index contributed by atoms with van der Waals surface area (Å²) in [4.78, 5) is 48.5. The normalized spacial score (nSPS) is 22.3. The largest absolute Gasteiger partial charge is 0.445 e. The lowest BCUT2D eigenvalue weighted by molar-refractivity contribution is -0.127. The average Bonchev–Trinajstić information content (AvgIpc) is 3.44. The van der Waals surface area contributed by atoms with Crippen molar-refractivity contribution >= 4 is 24.2 Å². The Hall–Kier alpha value is -2.94. The molecule has 2 aliphatic rings. The lowest BCUT2D eigenvalue weighted by Crippen LogP contribution is -2.51. The molecule has 31 heavy (non-hydrogen) atoms. The summed E-state index contributed by atoms with van der Waals surface area (Å²) in [6, 6.07) is 7.56. The molecule has 2 aliphatic heterocycles. The average molecular weight is 431 g/mol. The molecule has 0 unspecified atom stereocenters. The van der Waals surface area contributed by atoms with Gasteiger partial charge in [-0.15, -0.1) is 0 Å². The van der Waals surface area contributed by atoms with Crippen LogP contribution < -0.4 is 16.0 Å². The van der Waals surface area contributed by atoms with Gasteiger partial charge < -0.3 is 30.2 Å². The molecule has 0 aliphatic carbocycles. The molecule has 9 nitrogen and oxygen atoms in total. The van der Waals surface area contributed by atoms with Gasteiger partial charge in [0.25, 0.3) is 0 Å². The number of ether oxygens (including phenoxy) is 2. The molecule has 2 heterocycles. The molecular weight excluding hydrogens is 402 g/mol. The van der Waals surface area contributed by atoms with Crippen LogP contribution in [0.25, 0.3) is 0 Å². The summed E-state index contributed by atoms with van der Waals surface area (Å²) in [5.41, 5.74) is 0.832. The molecule has 3 amide bonds. The van der Waals surface area contributed by atoms with Crippen molar-refractivity contribution in [1.29, 1.82) is 0 Å². The van der Waals surface area contributed by atoms with Gasteiger partial charge in [0.1, 0.15) is 18.9 Å². The van der Waals surface area contributed by atoms with Crippen molar-refractivity contribution < 1.29 is 28.7 Å². The molecule has 0 bridgehead atoms. The molecule has 1 aromatic carbocycles. The van der Waals surface area contributed by atoms with Crippen molar-refractivity contribution in [1.82, 2.24) is 16.0 Å². The monoisotopic (exact) mass is 431 g/mol. The predicted molar refractivity (Wildman–Crippen MR) is 111 cm³/mol. The smallest absolute Gasteiger partial charge is 0.408 e. The predicted octanol–water partition coefficient (Wildman–Crippen LogP) is 0.918. The molecule has 2 fully saturated rings. The zero-order valence-electron chi connectivity index (χ0n) is 17.4. The Balaban J connectivity index is 1.56. The third-order valence-corrected chi connectivity index (χ3v) is 5.61. The minimum atomic E-state index is -0.866. The number of hydrogen-bond acceptors (Lipinski definition) is 6. The van der Waals surface area contributed by atoms with E-state index in [1.165, 1.54) is 0 Å². The van der Waals surface area contributed by atoms with E-state index in [0.717, 1.165) is 12.0 Å². The number of carbonyl (C=O) groups is 4. The number of aldehydes is 1. The topological polar surface area (TPSA) is 123 Å². The van der Waals surface area contributed by atoms with Gasteiger partial charge in [0.05, 0.1) is 6.04 Å². The number of carbonyl (C=O) groups excluding carboxylic acids is 4. The van der Waals surface area contributed by atoms with E-state index >= 15 is 0 Å². The van der Waals surface area contributed by atoms with Crippen LogP contribution in [0.5, 0.6) is 0 Å². The van der Waals surface area contributed by atoms with E-state index in [4.69, 9.17) is 9.47 Å². The Morgan fingerprint density at radius 1 is 1.19 bits per heavy atom. The van der Waals surface area contributed by atoms with Gasteiger partial charge in [-0.3, -0.25) is 9.59 Å². The second-order valence-corrected chi connectivity index (χ2v) is 7.99. The maximum absolute atomic E-state index is 12.9. The highest BCUT2D eigenvalue weighted by Gasteiger charge is 2.31. The van der Waals surface area contributed by atoms with E-state index in [1.807, 2.05) is 30.3 Å². The van der Waals surface area contributed by atoms with Crippen LogP contribution in [0.4, 0.5) is 4.79 Å². The van der Waals surface area contributed by atoms with Crippen LogP contribution in [0.2, 0.25) is 0 Å². The molecule has 2 saturated heterocycles. The fraction of sp³-hybridized carbons (Fsp3) is 0.545. The highest BCUT2D eigenvalue weighted by molar-refractivity contribution is 5.88. The van der Waals surface area contributed by atoms with Gasteiger partial charge in [-0.1, -0.05) is 30.3 Å². The molecular formula is C22H29N3O6. The third kappa shape index (κ3) is 7.06. The molecule has 0 radical (unpaired) electrons. The summed E-state index contributed by atoms with van der Waals surface area (Å²) >= 11 is 0. The number of amides is 3. The molecule has 0 aromatic heterocycles. The number of benzene rings is 1. The Bertz CT molecular complexity index is 766. The van der Waals surface area contributed by atoms with Crippen molar-refractivity contribution in [3.63, 3.8) is 0 Å². The summed E-state index contributed by atoms with van der Waals surface area (Å²) < 4.78 is 10.6. The van der Waals surface area contributed by atoms with E-state index in [1.54, 1.807) is 0 Å². The summed E-state index contributed by atoms with van der Waals surface area (Å²) in [5, 5.41) is 8.01. The lowest BCUT2D eigenvalue weighted by atomic mass is 9.96. The third-order valence-electron chi connectivity index (χ3n) is 5.61. The zero-order valence-corrected chi connectivity index (χ0v) is 17.4. The van der Waals surface area contributed by atoms with E-state index in [-0.39, 0.29) is 30.8 Å². The SMILES string of the molecule is O=C[C@H](C[C@@H]1CCNC1=O)NC(=O)[C@H](C[C@@H]1CCOC1)NC(=O)OCc1ccccc1. The number of alkyl carbamates (subject to hydrolysis) is 1. The maximum atomic E-state index is 12.9. The molecule has 0 saturated carbocycles. The lowest BCUT2D eigenvalue weighted by Gasteiger charge is -2.23. The van der Waals surface area contributed by atoms with Gasteiger partial charge in [-0.25, -0.2) is 4.79 Å². The van der Waals surface area contributed by atoms with Gasteiger partial charge in [0, 0.05) is 25.7 Å². The molecule has 0 spiro atoms.